The number of amides is 1. The van der Waals surface area contributed by atoms with E-state index in [4.69, 9.17) is 0 Å². The third kappa shape index (κ3) is 2.18. The Balaban J connectivity index is 1.45. The highest BCUT2D eigenvalue weighted by Gasteiger charge is 2.43. The van der Waals surface area contributed by atoms with Gasteiger partial charge in [0.15, 0.2) is 5.13 Å². The molecule has 1 aromatic heterocycles. The minimum Gasteiger partial charge on any atom is -0.302 e. The number of rotatable bonds is 2. The molecule has 4 heteroatoms. The first kappa shape index (κ1) is 12.8. The molecule has 0 spiro atoms. The highest BCUT2D eigenvalue weighted by Crippen LogP contribution is 2.48. The van der Waals surface area contributed by atoms with Gasteiger partial charge < -0.3 is 5.32 Å². The van der Waals surface area contributed by atoms with Gasteiger partial charge in [0.25, 0.3) is 0 Å². The Bertz CT molecular complexity index is 539. The molecule has 1 N–H and O–H groups in total. The number of nitrogens with one attached hydrogen (secondary N) is 1. The molecule has 4 rings (SSSR count). The summed E-state index contributed by atoms with van der Waals surface area (Å²) in [4.78, 5) is 18.5. The summed E-state index contributed by atoms with van der Waals surface area (Å²) in [5.74, 6) is 2.72. The number of aryl methyl sites for hydroxylation is 1. The number of carbonyl (C=O) groups excluding carboxylic acids is 1. The number of carbonyl (C=O) groups is 1. The fourth-order valence-electron chi connectivity index (χ4n) is 4.36. The van der Waals surface area contributed by atoms with Crippen molar-refractivity contribution in [2.24, 2.45) is 23.7 Å². The molecular formula is C16H22N2OS. The summed E-state index contributed by atoms with van der Waals surface area (Å²) in [6, 6.07) is 0. The van der Waals surface area contributed by atoms with E-state index < -0.39 is 0 Å². The van der Waals surface area contributed by atoms with Crippen molar-refractivity contribution in [1.82, 2.24) is 4.98 Å². The van der Waals surface area contributed by atoms with Crippen LogP contribution in [0.5, 0.6) is 0 Å². The smallest absolute Gasteiger partial charge is 0.229 e. The molecule has 3 aliphatic carbocycles. The summed E-state index contributed by atoms with van der Waals surface area (Å²) in [7, 11) is 0. The Morgan fingerprint density at radius 2 is 2.20 bits per heavy atom. The number of thiazole rings is 1. The van der Waals surface area contributed by atoms with Crippen LogP contribution < -0.4 is 5.32 Å². The van der Waals surface area contributed by atoms with Gasteiger partial charge in [-0.25, -0.2) is 4.98 Å². The van der Waals surface area contributed by atoms with E-state index in [0.717, 1.165) is 36.2 Å². The molecule has 4 unspecified atom stereocenters. The van der Waals surface area contributed by atoms with Crippen LogP contribution in [0.15, 0.2) is 0 Å². The number of hydrogen-bond acceptors (Lipinski definition) is 3. The topological polar surface area (TPSA) is 42.0 Å². The zero-order valence-electron chi connectivity index (χ0n) is 12.0. The first-order valence-corrected chi connectivity index (χ1v) is 8.80. The molecule has 0 aromatic carbocycles. The maximum Gasteiger partial charge on any atom is 0.229 e. The summed E-state index contributed by atoms with van der Waals surface area (Å²) in [5, 5.41) is 3.95. The lowest BCUT2D eigenvalue weighted by Crippen LogP contribution is -2.27. The van der Waals surface area contributed by atoms with Gasteiger partial charge in [0.05, 0.1) is 5.69 Å². The Morgan fingerprint density at radius 1 is 1.30 bits per heavy atom. The lowest BCUT2D eigenvalue weighted by molar-refractivity contribution is -0.121. The molecule has 2 bridgehead atoms. The summed E-state index contributed by atoms with van der Waals surface area (Å²) in [6.07, 6.45) is 8.44. The summed E-state index contributed by atoms with van der Waals surface area (Å²) < 4.78 is 0. The maximum atomic E-state index is 12.4. The van der Waals surface area contributed by atoms with E-state index in [-0.39, 0.29) is 11.8 Å². The molecule has 1 amide bonds. The van der Waals surface area contributed by atoms with E-state index in [1.165, 1.54) is 36.3 Å². The highest BCUT2D eigenvalue weighted by atomic mass is 32.1. The van der Waals surface area contributed by atoms with E-state index in [9.17, 15) is 4.79 Å². The molecule has 2 saturated carbocycles. The molecule has 1 aromatic rings. The van der Waals surface area contributed by atoms with Gasteiger partial charge in [0.1, 0.15) is 0 Å². The molecular weight excluding hydrogens is 268 g/mol. The van der Waals surface area contributed by atoms with E-state index in [1.54, 1.807) is 11.3 Å². The zero-order valence-corrected chi connectivity index (χ0v) is 12.8. The molecule has 108 valence electrons. The quantitative estimate of drug-likeness (QED) is 0.903. The molecule has 0 aliphatic heterocycles. The monoisotopic (exact) mass is 290 g/mol. The van der Waals surface area contributed by atoms with Crippen molar-refractivity contribution in [3.05, 3.63) is 10.6 Å². The van der Waals surface area contributed by atoms with Crippen LogP contribution in [-0.4, -0.2) is 10.9 Å². The van der Waals surface area contributed by atoms with Crippen LogP contribution >= 0.6 is 11.3 Å². The number of fused-ring (bicyclic) bond motifs is 3. The van der Waals surface area contributed by atoms with Gasteiger partial charge >= 0.3 is 0 Å². The fraction of sp³-hybridized carbons (Fsp3) is 0.750. The predicted octanol–water partition coefficient (Wildman–Crippen LogP) is 3.64. The first-order valence-electron chi connectivity index (χ1n) is 7.98. The fourth-order valence-corrected chi connectivity index (χ4v) is 5.53. The Morgan fingerprint density at radius 3 is 2.95 bits per heavy atom. The van der Waals surface area contributed by atoms with Crippen LogP contribution in [0.3, 0.4) is 0 Å². The third-order valence-electron chi connectivity index (χ3n) is 5.49. The van der Waals surface area contributed by atoms with Crippen LogP contribution in [0.2, 0.25) is 0 Å². The summed E-state index contributed by atoms with van der Waals surface area (Å²) in [5.41, 5.74) is 1.23. The second kappa shape index (κ2) is 4.83. The minimum absolute atomic E-state index is 0.233. The van der Waals surface area contributed by atoms with Crippen LogP contribution in [0.1, 0.15) is 49.6 Å². The Labute approximate surface area is 124 Å². The standard InChI is InChI=1S/C16H22N2OS/c1-9-2-5-13-14(6-9)20-16(17-13)18-15(19)12-8-10-3-4-11(12)7-10/h9-12H,2-8H2,1H3,(H,17,18,19). The molecule has 20 heavy (non-hydrogen) atoms. The third-order valence-corrected chi connectivity index (χ3v) is 6.53. The number of nitrogens with zero attached hydrogens (tertiary/aromatic N) is 1. The van der Waals surface area contributed by atoms with Crippen molar-refractivity contribution >= 4 is 22.4 Å². The summed E-state index contributed by atoms with van der Waals surface area (Å²) >= 11 is 1.70. The SMILES string of the molecule is CC1CCc2nc(NC(=O)C3CC4CCC3C4)sc2C1. The van der Waals surface area contributed by atoms with Crippen molar-refractivity contribution in [3.63, 3.8) is 0 Å². The Kier molecular flexibility index (Phi) is 3.09. The molecule has 1 heterocycles. The van der Waals surface area contributed by atoms with E-state index in [1.807, 2.05) is 0 Å². The average Bonchev–Trinajstić information content (AvgIpc) is 3.11. The van der Waals surface area contributed by atoms with Crippen molar-refractivity contribution in [2.45, 2.75) is 51.9 Å². The second-order valence-corrected chi connectivity index (χ2v) is 8.09. The maximum absolute atomic E-state index is 12.4. The van der Waals surface area contributed by atoms with Crippen molar-refractivity contribution in [3.8, 4) is 0 Å². The van der Waals surface area contributed by atoms with E-state index in [0.29, 0.717) is 5.92 Å². The lowest BCUT2D eigenvalue weighted by atomic mass is 9.88. The summed E-state index contributed by atoms with van der Waals surface area (Å²) in [6.45, 7) is 2.30. The average molecular weight is 290 g/mol. The van der Waals surface area contributed by atoms with Gasteiger partial charge in [-0.05, 0) is 56.3 Å². The van der Waals surface area contributed by atoms with Crippen molar-refractivity contribution in [1.29, 1.82) is 0 Å². The molecule has 0 radical (unpaired) electrons. The molecule has 3 aliphatic rings. The number of hydrogen-bond donors (Lipinski definition) is 1. The Hall–Kier alpha value is -0.900. The molecule has 0 saturated heterocycles. The number of aromatic nitrogens is 1. The van der Waals surface area contributed by atoms with Crippen LogP contribution in [-0.2, 0) is 17.6 Å². The van der Waals surface area contributed by atoms with Crippen molar-refractivity contribution in [2.75, 3.05) is 5.32 Å². The first-order chi connectivity index (χ1) is 9.69. The van der Waals surface area contributed by atoms with Gasteiger partial charge in [-0.2, -0.15) is 0 Å². The van der Waals surface area contributed by atoms with Crippen molar-refractivity contribution < 1.29 is 4.79 Å². The molecule has 2 fully saturated rings. The lowest BCUT2D eigenvalue weighted by Gasteiger charge is -2.19. The highest BCUT2D eigenvalue weighted by molar-refractivity contribution is 7.15. The van der Waals surface area contributed by atoms with Gasteiger partial charge in [0.2, 0.25) is 5.91 Å². The van der Waals surface area contributed by atoms with Gasteiger partial charge in [-0.1, -0.05) is 13.3 Å². The van der Waals surface area contributed by atoms with Gasteiger partial charge in [-0.15, -0.1) is 11.3 Å². The van der Waals surface area contributed by atoms with E-state index >= 15 is 0 Å². The number of anilines is 1. The zero-order chi connectivity index (χ0) is 13.7. The van der Waals surface area contributed by atoms with Crippen LogP contribution in [0, 0.1) is 23.7 Å². The molecule has 4 atom stereocenters. The van der Waals surface area contributed by atoms with Gasteiger partial charge in [-0.3, -0.25) is 4.79 Å². The normalized spacial score (nSPS) is 35.0. The van der Waals surface area contributed by atoms with E-state index in [2.05, 4.69) is 17.2 Å². The van der Waals surface area contributed by atoms with Crippen LogP contribution in [0.25, 0.3) is 0 Å². The largest absolute Gasteiger partial charge is 0.302 e. The molecule has 3 nitrogen and oxygen atoms in total. The van der Waals surface area contributed by atoms with Gasteiger partial charge in [0, 0.05) is 10.8 Å². The minimum atomic E-state index is 0.233. The van der Waals surface area contributed by atoms with Crippen LogP contribution in [0.4, 0.5) is 5.13 Å². The second-order valence-electron chi connectivity index (χ2n) is 7.01. The predicted molar refractivity (Wildman–Crippen MR) is 80.9 cm³/mol.